The summed E-state index contributed by atoms with van der Waals surface area (Å²) in [5.41, 5.74) is 0.333. The van der Waals surface area contributed by atoms with Gasteiger partial charge in [0.15, 0.2) is 4.87 Å². The van der Waals surface area contributed by atoms with Gasteiger partial charge < -0.3 is 4.74 Å². The summed E-state index contributed by atoms with van der Waals surface area (Å²) in [5, 5.41) is 0. The molecule has 0 bridgehead atoms. The van der Waals surface area contributed by atoms with E-state index in [-0.39, 0.29) is 0 Å². The number of carbonyl (C=O) groups excluding carboxylic acids is 1. The summed E-state index contributed by atoms with van der Waals surface area (Å²) in [6.45, 7) is 5.76. The molecule has 0 N–H and O–H groups in total. The zero-order valence-electron chi connectivity index (χ0n) is 10.1. The third-order valence-corrected chi connectivity index (χ3v) is 3.61. The normalized spacial score (nSPS) is 15.3. The first-order valence-corrected chi connectivity index (χ1v) is 5.54. The second kappa shape index (κ2) is 4.46. The van der Waals surface area contributed by atoms with Gasteiger partial charge in [-0.3, -0.25) is 0 Å². The van der Waals surface area contributed by atoms with E-state index in [1.165, 1.54) is 7.11 Å². The number of hydrogen-bond acceptors (Lipinski definition) is 2. The largest absolute Gasteiger partial charge is 0.467 e. The Balaban J connectivity index is 3.32. The minimum Gasteiger partial charge on any atom is -0.467 e. The van der Waals surface area contributed by atoms with Gasteiger partial charge in [0.05, 0.1) is 7.11 Å². The van der Waals surface area contributed by atoms with Crippen molar-refractivity contribution in [2.75, 3.05) is 7.11 Å². The van der Waals surface area contributed by atoms with Gasteiger partial charge in [0.25, 0.3) is 0 Å². The lowest BCUT2D eigenvalue weighted by Gasteiger charge is -2.37. The third-order valence-electron chi connectivity index (χ3n) is 2.67. The van der Waals surface area contributed by atoms with Crippen LogP contribution in [0, 0.1) is 5.41 Å². The smallest absolute Gasteiger partial charge is 0.332 e. The van der Waals surface area contributed by atoms with Crippen molar-refractivity contribution in [1.29, 1.82) is 0 Å². The van der Waals surface area contributed by atoms with Crippen molar-refractivity contribution >= 4 is 17.6 Å². The summed E-state index contributed by atoms with van der Waals surface area (Å²) in [7, 11) is 1.36. The van der Waals surface area contributed by atoms with Gasteiger partial charge in [-0.25, -0.2) is 4.79 Å². The number of hydrogen-bond donors (Lipinski definition) is 0. The van der Waals surface area contributed by atoms with E-state index in [2.05, 4.69) is 0 Å². The molecule has 88 valence electrons. The molecular weight excluding hydrogens is 224 g/mol. The topological polar surface area (TPSA) is 26.3 Å². The predicted octanol–water partition coefficient (Wildman–Crippen LogP) is 3.34. The van der Waals surface area contributed by atoms with Gasteiger partial charge in [-0.05, 0) is 11.0 Å². The van der Waals surface area contributed by atoms with E-state index in [0.717, 1.165) is 5.56 Å². The molecule has 1 aromatic rings. The average molecular weight is 241 g/mol. The molecule has 0 saturated heterocycles. The summed E-state index contributed by atoms with van der Waals surface area (Å²) < 4.78 is 4.83. The second-order valence-electron chi connectivity index (χ2n) is 4.77. The van der Waals surface area contributed by atoms with E-state index >= 15 is 0 Å². The van der Waals surface area contributed by atoms with Gasteiger partial charge >= 0.3 is 5.97 Å². The summed E-state index contributed by atoms with van der Waals surface area (Å²) in [4.78, 5) is 10.8. The summed E-state index contributed by atoms with van der Waals surface area (Å²) in [6, 6.07) is 9.30. The number of benzene rings is 1. The quantitative estimate of drug-likeness (QED) is 0.586. The minimum atomic E-state index is -1.15. The first-order chi connectivity index (χ1) is 7.34. The molecule has 3 heteroatoms. The van der Waals surface area contributed by atoms with Gasteiger partial charge in [0.2, 0.25) is 0 Å². The molecule has 2 nitrogen and oxygen atoms in total. The lowest BCUT2D eigenvalue weighted by atomic mass is 9.75. The Morgan fingerprint density at radius 2 is 1.69 bits per heavy atom. The molecule has 0 heterocycles. The van der Waals surface area contributed by atoms with Crippen LogP contribution in [0.5, 0.6) is 0 Å². The van der Waals surface area contributed by atoms with Crippen molar-refractivity contribution in [2.45, 2.75) is 25.6 Å². The van der Waals surface area contributed by atoms with E-state index in [1.807, 2.05) is 51.1 Å². The second-order valence-corrected chi connectivity index (χ2v) is 5.33. The zero-order valence-corrected chi connectivity index (χ0v) is 10.8. The molecule has 0 aromatic heterocycles. The highest BCUT2D eigenvalue weighted by molar-refractivity contribution is 6.34. The van der Waals surface area contributed by atoms with Crippen LogP contribution in [0.1, 0.15) is 26.3 Å². The highest BCUT2D eigenvalue weighted by Crippen LogP contribution is 2.46. The molecule has 1 atom stereocenters. The first-order valence-electron chi connectivity index (χ1n) is 5.17. The van der Waals surface area contributed by atoms with Crippen LogP contribution >= 0.6 is 11.6 Å². The van der Waals surface area contributed by atoms with Crippen LogP contribution in [0.15, 0.2) is 30.3 Å². The standard InChI is InChI=1S/C13H17ClO2/c1-12(2,3)13(14,11(15)16-4)10-8-6-5-7-9-10/h5-9H,1-4H3. The van der Waals surface area contributed by atoms with Crippen LogP contribution in [-0.2, 0) is 14.4 Å². The van der Waals surface area contributed by atoms with Crippen LogP contribution < -0.4 is 0 Å². The fourth-order valence-corrected chi connectivity index (χ4v) is 1.87. The molecule has 0 saturated carbocycles. The number of alkyl halides is 1. The molecule has 0 spiro atoms. The summed E-state index contributed by atoms with van der Waals surface area (Å²) >= 11 is 6.52. The number of halogens is 1. The Kier molecular flexibility index (Phi) is 3.64. The molecule has 0 aliphatic carbocycles. The first kappa shape index (κ1) is 13.0. The van der Waals surface area contributed by atoms with Crippen molar-refractivity contribution in [3.05, 3.63) is 35.9 Å². The number of carbonyl (C=O) groups is 1. The molecule has 1 unspecified atom stereocenters. The highest BCUT2D eigenvalue weighted by Gasteiger charge is 2.49. The van der Waals surface area contributed by atoms with Crippen LogP contribution in [-0.4, -0.2) is 13.1 Å². The Morgan fingerprint density at radius 1 is 1.19 bits per heavy atom. The third kappa shape index (κ3) is 2.07. The SMILES string of the molecule is COC(=O)C(Cl)(c1ccccc1)C(C)(C)C. The van der Waals surface area contributed by atoms with Gasteiger partial charge in [0.1, 0.15) is 0 Å². The van der Waals surface area contributed by atoms with Gasteiger partial charge in [-0.1, -0.05) is 51.1 Å². The molecule has 0 aliphatic heterocycles. The minimum absolute atomic E-state index is 0.423. The van der Waals surface area contributed by atoms with Crippen molar-refractivity contribution in [3.63, 3.8) is 0 Å². The monoisotopic (exact) mass is 240 g/mol. The lowest BCUT2D eigenvalue weighted by Crippen LogP contribution is -2.43. The van der Waals surface area contributed by atoms with Gasteiger partial charge in [-0.15, -0.1) is 11.6 Å². The highest BCUT2D eigenvalue weighted by atomic mass is 35.5. The average Bonchev–Trinajstić information content (AvgIpc) is 2.26. The fraction of sp³-hybridized carbons (Fsp3) is 0.462. The molecule has 16 heavy (non-hydrogen) atoms. The van der Waals surface area contributed by atoms with Crippen LogP contribution in [0.2, 0.25) is 0 Å². The fourth-order valence-electron chi connectivity index (χ4n) is 1.67. The number of ether oxygens (including phenoxy) is 1. The molecule has 0 amide bonds. The van der Waals surface area contributed by atoms with E-state index in [9.17, 15) is 4.79 Å². The Hall–Kier alpha value is -1.02. The van der Waals surface area contributed by atoms with Gasteiger partial charge in [0, 0.05) is 0 Å². The number of rotatable bonds is 2. The maximum absolute atomic E-state index is 11.9. The van der Waals surface area contributed by atoms with Crippen molar-refractivity contribution < 1.29 is 9.53 Å². The Bertz CT molecular complexity index is 367. The van der Waals surface area contributed by atoms with Crippen molar-refractivity contribution in [3.8, 4) is 0 Å². The number of methoxy groups -OCH3 is 1. The van der Waals surface area contributed by atoms with E-state index in [0.29, 0.717) is 0 Å². The van der Waals surface area contributed by atoms with E-state index in [4.69, 9.17) is 16.3 Å². The van der Waals surface area contributed by atoms with Crippen LogP contribution in [0.4, 0.5) is 0 Å². The summed E-state index contributed by atoms with van der Waals surface area (Å²) in [6.07, 6.45) is 0. The van der Waals surface area contributed by atoms with Crippen molar-refractivity contribution in [2.24, 2.45) is 5.41 Å². The molecule has 0 fully saturated rings. The Morgan fingerprint density at radius 3 is 2.06 bits per heavy atom. The predicted molar refractivity (Wildman–Crippen MR) is 65.4 cm³/mol. The van der Waals surface area contributed by atoms with Crippen molar-refractivity contribution in [1.82, 2.24) is 0 Å². The molecule has 0 radical (unpaired) electrons. The van der Waals surface area contributed by atoms with E-state index in [1.54, 1.807) is 0 Å². The van der Waals surface area contributed by atoms with Crippen LogP contribution in [0.3, 0.4) is 0 Å². The number of esters is 1. The lowest BCUT2D eigenvalue weighted by molar-refractivity contribution is -0.147. The molecule has 1 rings (SSSR count). The van der Waals surface area contributed by atoms with Crippen LogP contribution in [0.25, 0.3) is 0 Å². The Labute approximate surface area is 102 Å². The zero-order chi connectivity index (χ0) is 12.4. The maximum atomic E-state index is 11.9. The molecule has 0 aliphatic rings. The maximum Gasteiger partial charge on any atom is 0.332 e. The summed E-state index contributed by atoms with van der Waals surface area (Å²) in [5.74, 6) is -0.423. The van der Waals surface area contributed by atoms with E-state index < -0.39 is 16.3 Å². The molecular formula is C13H17ClO2. The van der Waals surface area contributed by atoms with Gasteiger partial charge in [-0.2, -0.15) is 0 Å². The molecule has 1 aromatic carbocycles.